The molecule has 2 nitrogen and oxygen atoms in total. The largest absolute Gasteiger partial charge is 0.287 e. The van der Waals surface area contributed by atoms with Gasteiger partial charge < -0.3 is 0 Å². The van der Waals surface area contributed by atoms with Crippen LogP contribution in [-0.4, -0.2) is 10.3 Å². The summed E-state index contributed by atoms with van der Waals surface area (Å²) in [4.78, 5) is 5.14. The number of nitrogens with zero attached hydrogens (tertiary/aromatic N) is 2. The summed E-state index contributed by atoms with van der Waals surface area (Å²) in [5.41, 5.74) is 9.67. The number of aromatic nitrogens is 1. The molecule has 7 rings (SSSR count). The maximum absolute atomic E-state index is 5.14. The van der Waals surface area contributed by atoms with Crippen LogP contribution in [0.4, 0.5) is 0 Å². The highest BCUT2D eigenvalue weighted by Gasteiger charge is 2.19. The molecule has 0 unspecified atom stereocenters. The Bertz CT molecular complexity index is 2150. The second kappa shape index (κ2) is 9.98. The van der Waals surface area contributed by atoms with Crippen LogP contribution >= 0.6 is 11.3 Å². The zero-order valence-electron chi connectivity index (χ0n) is 22.1. The second-order valence-electron chi connectivity index (χ2n) is 9.73. The van der Waals surface area contributed by atoms with Crippen LogP contribution in [-0.2, 0) is 0 Å². The number of rotatable bonds is 5. The minimum atomic E-state index is 0.671. The maximum atomic E-state index is 5.14. The Morgan fingerprint density at radius 3 is 2.25 bits per heavy atom. The first-order valence-electron chi connectivity index (χ1n) is 13.4. The average Bonchev–Trinajstić information content (AvgIpc) is 3.55. The van der Waals surface area contributed by atoms with E-state index in [4.69, 9.17) is 4.99 Å². The Morgan fingerprint density at radius 2 is 1.48 bits per heavy atom. The lowest BCUT2D eigenvalue weighted by Gasteiger charge is -2.09. The van der Waals surface area contributed by atoms with Gasteiger partial charge in [0, 0.05) is 36.5 Å². The zero-order valence-corrected chi connectivity index (χ0v) is 23.0. The van der Waals surface area contributed by atoms with E-state index in [2.05, 4.69) is 114 Å². The van der Waals surface area contributed by atoms with Gasteiger partial charge in [0.1, 0.15) is 0 Å². The first-order valence-corrected chi connectivity index (χ1v) is 14.2. The molecule has 40 heavy (non-hydrogen) atoms. The highest BCUT2D eigenvalue weighted by Crippen LogP contribution is 2.44. The summed E-state index contributed by atoms with van der Waals surface area (Å²) in [7, 11) is 0. The van der Waals surface area contributed by atoms with Crippen molar-refractivity contribution in [3.8, 4) is 11.1 Å². The molecule has 3 heteroatoms. The SMILES string of the molecule is C=C=C(N=C(/C=C\C)c1ccccc1)n1c2ccc(-c3ccccc3)cc2c2c3sc4ccccc4c3ccc21. The van der Waals surface area contributed by atoms with E-state index in [1.807, 2.05) is 48.6 Å². The Hall–Kier alpha value is -4.95. The monoisotopic (exact) mass is 530 g/mol. The van der Waals surface area contributed by atoms with Gasteiger partial charge in [0.2, 0.25) is 0 Å². The summed E-state index contributed by atoms with van der Waals surface area (Å²) in [6.07, 6.45) is 4.06. The molecule has 0 saturated heterocycles. The van der Waals surface area contributed by atoms with Gasteiger partial charge in [-0.05, 0) is 48.4 Å². The maximum Gasteiger partial charge on any atom is 0.182 e. The van der Waals surface area contributed by atoms with E-state index in [9.17, 15) is 0 Å². The molecule has 5 aromatic carbocycles. The van der Waals surface area contributed by atoms with Crippen LogP contribution in [0, 0.1) is 0 Å². The number of hydrogen-bond acceptors (Lipinski definition) is 2. The molecule has 0 aliphatic rings. The third-order valence-corrected chi connectivity index (χ3v) is 8.57. The molecule has 190 valence electrons. The molecule has 0 amide bonds. The molecule has 2 heterocycles. The third-order valence-electron chi connectivity index (χ3n) is 7.37. The first-order chi connectivity index (χ1) is 19.8. The van der Waals surface area contributed by atoms with Gasteiger partial charge in [-0.3, -0.25) is 4.57 Å². The highest BCUT2D eigenvalue weighted by molar-refractivity contribution is 7.26. The van der Waals surface area contributed by atoms with Crippen LogP contribution in [0.2, 0.25) is 0 Å². The van der Waals surface area contributed by atoms with E-state index < -0.39 is 0 Å². The van der Waals surface area contributed by atoms with Gasteiger partial charge in [-0.2, -0.15) is 0 Å². The van der Waals surface area contributed by atoms with Crippen molar-refractivity contribution in [3.63, 3.8) is 0 Å². The first kappa shape index (κ1) is 24.1. The van der Waals surface area contributed by atoms with E-state index in [-0.39, 0.29) is 0 Å². The Kier molecular flexibility index (Phi) is 6.02. The molecular formula is C37H26N2S. The summed E-state index contributed by atoms with van der Waals surface area (Å²) < 4.78 is 4.79. The standard InChI is InChI=1S/C37H26N2S/c1-3-13-31(26-16-9-6-10-17-26)38-35(4-2)39-32-22-20-27(25-14-7-5-8-15-25)24-30(32)36-33(39)23-21-29-28-18-11-12-19-34(28)40-37(29)36/h3,5-24H,2H2,1H3/b13-3-,38-31?. The Labute approximate surface area is 237 Å². The number of fused-ring (bicyclic) bond motifs is 7. The molecular weight excluding hydrogens is 504 g/mol. The summed E-state index contributed by atoms with van der Waals surface area (Å²) in [5.74, 6) is 0.671. The van der Waals surface area contributed by atoms with Crippen molar-refractivity contribution in [1.82, 2.24) is 4.57 Å². The summed E-state index contributed by atoms with van der Waals surface area (Å²) in [5, 5.41) is 5.01. The molecule has 2 aromatic heterocycles. The van der Waals surface area contributed by atoms with Gasteiger partial charge in [0.05, 0.1) is 16.7 Å². The minimum Gasteiger partial charge on any atom is -0.287 e. The van der Waals surface area contributed by atoms with Gasteiger partial charge >= 0.3 is 0 Å². The summed E-state index contributed by atoms with van der Waals surface area (Å²) in [6.45, 7) is 6.10. The van der Waals surface area contributed by atoms with E-state index in [0.29, 0.717) is 5.82 Å². The van der Waals surface area contributed by atoms with Crippen molar-refractivity contribution in [3.05, 3.63) is 145 Å². The topological polar surface area (TPSA) is 17.3 Å². The van der Waals surface area contributed by atoms with Crippen molar-refractivity contribution in [2.45, 2.75) is 6.92 Å². The molecule has 0 spiro atoms. The lowest BCUT2D eigenvalue weighted by Crippen LogP contribution is -2.01. The fraction of sp³-hybridized carbons (Fsp3) is 0.0270. The Balaban J connectivity index is 1.58. The van der Waals surface area contributed by atoms with Crippen molar-refractivity contribution < 1.29 is 0 Å². The van der Waals surface area contributed by atoms with Crippen molar-refractivity contribution in [1.29, 1.82) is 0 Å². The lowest BCUT2D eigenvalue weighted by atomic mass is 10.0. The van der Waals surface area contributed by atoms with Gasteiger partial charge in [-0.25, -0.2) is 4.99 Å². The smallest absolute Gasteiger partial charge is 0.182 e. The Morgan fingerprint density at radius 1 is 0.750 bits per heavy atom. The number of aliphatic imine (C=N–C) groups is 1. The highest BCUT2D eigenvalue weighted by atomic mass is 32.1. The van der Waals surface area contributed by atoms with Gasteiger partial charge in [-0.15, -0.1) is 11.3 Å². The molecule has 7 aromatic rings. The molecule has 0 aliphatic heterocycles. The second-order valence-corrected chi connectivity index (χ2v) is 10.8. The number of hydrogen-bond donors (Lipinski definition) is 0. The number of allylic oxidation sites excluding steroid dienone is 2. The normalized spacial score (nSPS) is 12.2. The molecule has 0 N–H and O–H groups in total. The zero-order chi connectivity index (χ0) is 27.1. The van der Waals surface area contributed by atoms with Crippen molar-refractivity contribution >= 4 is 64.8 Å². The van der Waals surface area contributed by atoms with Crippen LogP contribution in [0.5, 0.6) is 0 Å². The molecule has 0 saturated carbocycles. The van der Waals surface area contributed by atoms with E-state index >= 15 is 0 Å². The number of thiophene rings is 1. The van der Waals surface area contributed by atoms with Gasteiger partial charge in [0.15, 0.2) is 5.82 Å². The summed E-state index contributed by atoms with van der Waals surface area (Å²) in [6, 6.07) is 40.7. The average molecular weight is 531 g/mol. The van der Waals surface area contributed by atoms with E-state index in [1.54, 1.807) is 0 Å². The minimum absolute atomic E-state index is 0.671. The summed E-state index contributed by atoms with van der Waals surface area (Å²) >= 11 is 1.85. The van der Waals surface area contributed by atoms with Crippen molar-refractivity contribution in [2.75, 3.05) is 0 Å². The quantitative estimate of drug-likeness (QED) is 0.156. The predicted molar refractivity (Wildman–Crippen MR) is 174 cm³/mol. The van der Waals surface area contributed by atoms with Gasteiger partial charge in [0.25, 0.3) is 0 Å². The van der Waals surface area contributed by atoms with Crippen molar-refractivity contribution in [2.24, 2.45) is 4.99 Å². The molecule has 0 aliphatic carbocycles. The fourth-order valence-corrected chi connectivity index (χ4v) is 6.83. The lowest BCUT2D eigenvalue weighted by molar-refractivity contribution is 1.18. The van der Waals surface area contributed by atoms with E-state index in [0.717, 1.165) is 22.3 Å². The molecule has 0 bridgehead atoms. The molecule has 0 fully saturated rings. The van der Waals surface area contributed by atoms with Crippen LogP contribution in [0.15, 0.2) is 145 Å². The van der Waals surface area contributed by atoms with Crippen LogP contribution in [0.25, 0.3) is 58.9 Å². The number of benzene rings is 5. The van der Waals surface area contributed by atoms with E-state index in [1.165, 1.54) is 42.1 Å². The third kappa shape index (κ3) is 3.92. The molecule has 0 radical (unpaired) electrons. The fourth-order valence-electron chi connectivity index (χ4n) is 5.57. The molecule has 0 atom stereocenters. The van der Waals surface area contributed by atoms with Crippen LogP contribution in [0.3, 0.4) is 0 Å². The van der Waals surface area contributed by atoms with Crippen LogP contribution in [0.1, 0.15) is 12.5 Å². The van der Waals surface area contributed by atoms with Crippen LogP contribution < -0.4 is 0 Å². The van der Waals surface area contributed by atoms with Gasteiger partial charge in [-0.1, -0.05) is 109 Å². The predicted octanol–water partition coefficient (Wildman–Crippen LogP) is 10.5.